The Balaban J connectivity index is 0.854. The predicted molar refractivity (Wildman–Crippen MR) is 319 cm³/mol. The van der Waals surface area contributed by atoms with E-state index in [4.69, 9.17) is 28.4 Å². The Labute approximate surface area is 494 Å². The minimum atomic E-state index is -5.84. The maximum absolute atomic E-state index is 16.4. The van der Waals surface area contributed by atoms with E-state index in [0.29, 0.717) is 37.9 Å². The van der Waals surface area contributed by atoms with Crippen molar-refractivity contribution < 1.29 is 73.9 Å². The van der Waals surface area contributed by atoms with Crippen LogP contribution in [-0.4, -0.2) is 68.1 Å². The molecule has 0 saturated carbocycles. The van der Waals surface area contributed by atoms with Crippen molar-refractivity contribution in [2.24, 2.45) is 0 Å². The van der Waals surface area contributed by atoms with Gasteiger partial charge in [0.05, 0.1) is 37.6 Å². The smallest absolute Gasteiger partial charge is 0.380 e. The van der Waals surface area contributed by atoms with Crippen LogP contribution in [-0.2, 0) is 19.1 Å². The quantitative estimate of drug-likeness (QED) is 0.0170. The Morgan fingerprint density at radius 2 is 0.753 bits per heavy atom. The van der Waals surface area contributed by atoms with E-state index in [-0.39, 0.29) is 52.6 Å². The number of alkyl halides is 6. The summed E-state index contributed by atoms with van der Waals surface area (Å²) >= 11 is 1.76. The lowest BCUT2D eigenvalue weighted by atomic mass is 9.91. The molecule has 8 aromatic rings. The molecule has 0 unspecified atom stereocenters. The van der Waals surface area contributed by atoms with E-state index in [2.05, 4.69) is 13.2 Å². The van der Waals surface area contributed by atoms with Gasteiger partial charge in [0.25, 0.3) is 0 Å². The minimum Gasteiger partial charge on any atom is -0.494 e. The molecule has 0 N–H and O–H groups in total. The second-order valence-electron chi connectivity index (χ2n) is 20.1. The number of fused-ring (bicyclic) bond motifs is 2. The zero-order chi connectivity index (χ0) is 60.5. The summed E-state index contributed by atoms with van der Waals surface area (Å²) in [6.45, 7) is 11.2. The number of thiophene rings is 2. The standard InChI is InChI=1S/C67H58F6O10S2/c1-5-57(74)80-37-13-9-7-11-35-78-49-25-15-43(16-26-49)45-19-29-51(30-20-45)82-63(76)47-23-33-53-55(39-47)84-41(3)59(53)61-62(66(70,71)67(72,73)65(61,68)69)60-42(4)85-56-40-48(24-34-54(56)60)64(77)83-52-31-21-46(22-32-52)44-17-27-50(28-18-44)79-36-12-8-10-14-38-81-58(75)6-2/h5-6,15-34,39-40H,1-2,7-14,35-38H2,3-4H3. The Morgan fingerprint density at radius 1 is 0.435 bits per heavy atom. The lowest BCUT2D eigenvalue weighted by Crippen LogP contribution is -2.48. The summed E-state index contributed by atoms with van der Waals surface area (Å²) in [5, 5.41) is -0.0803. The van der Waals surface area contributed by atoms with Crippen molar-refractivity contribution in [2.75, 3.05) is 26.4 Å². The molecule has 6 aromatic carbocycles. The van der Waals surface area contributed by atoms with Gasteiger partial charge in [-0.2, -0.15) is 26.3 Å². The molecule has 85 heavy (non-hydrogen) atoms. The molecule has 0 radical (unpaired) electrons. The summed E-state index contributed by atoms with van der Waals surface area (Å²) in [6.07, 6.45) is 9.08. The zero-order valence-electron chi connectivity index (χ0n) is 46.4. The number of esters is 4. The third-order valence-corrected chi connectivity index (χ3v) is 16.4. The van der Waals surface area contributed by atoms with Crippen LogP contribution in [0.25, 0.3) is 53.6 Å². The predicted octanol–water partition coefficient (Wildman–Crippen LogP) is 17.7. The molecule has 1 aliphatic rings. The maximum atomic E-state index is 16.4. The van der Waals surface area contributed by atoms with E-state index in [1.54, 1.807) is 48.5 Å². The SMILES string of the molecule is C=CC(=O)OCCCCCCOc1ccc(-c2ccc(OC(=O)c3ccc4c(C5=C(c6c(C)sc7cc(C(=O)Oc8ccc(-c9ccc(OCCCCCCOC(=O)C=C)cc9)cc8)ccc67)C(F)(F)C(F)(F)C5(F)F)c(C)sc4c3)cc2)cc1. The number of hydrogen-bond acceptors (Lipinski definition) is 12. The van der Waals surface area contributed by atoms with Crippen molar-refractivity contribution >= 4 is 77.9 Å². The van der Waals surface area contributed by atoms with Gasteiger partial charge in [0.15, 0.2) is 0 Å². The molecule has 2 aromatic heterocycles. The molecule has 0 bridgehead atoms. The summed E-state index contributed by atoms with van der Waals surface area (Å²) in [5.74, 6) is -17.3. The van der Waals surface area contributed by atoms with Crippen molar-refractivity contribution in [3.05, 3.63) is 191 Å². The Morgan fingerprint density at radius 3 is 1.08 bits per heavy atom. The van der Waals surface area contributed by atoms with Crippen LogP contribution < -0.4 is 18.9 Å². The number of ether oxygens (including phenoxy) is 6. The van der Waals surface area contributed by atoms with E-state index in [1.807, 2.05) is 48.5 Å². The van der Waals surface area contributed by atoms with Gasteiger partial charge in [-0.1, -0.05) is 73.8 Å². The molecular formula is C67H58F6O10S2. The Bertz CT molecular complexity index is 3550. The van der Waals surface area contributed by atoms with Crippen LogP contribution in [0.3, 0.4) is 0 Å². The molecule has 18 heteroatoms. The van der Waals surface area contributed by atoms with Gasteiger partial charge in [0.2, 0.25) is 0 Å². The normalized spacial score (nSPS) is 14.0. The van der Waals surface area contributed by atoms with E-state index in [9.17, 15) is 19.2 Å². The molecule has 0 aliphatic heterocycles. The second-order valence-corrected chi connectivity index (χ2v) is 22.6. The number of hydrogen-bond donors (Lipinski definition) is 0. The first kappa shape index (κ1) is 61.1. The first-order chi connectivity index (χ1) is 40.8. The summed E-state index contributed by atoms with van der Waals surface area (Å²) in [4.78, 5) is 49.4. The van der Waals surface area contributed by atoms with Gasteiger partial charge in [0.1, 0.15) is 23.0 Å². The fourth-order valence-corrected chi connectivity index (χ4v) is 12.1. The summed E-state index contributed by atoms with van der Waals surface area (Å²) < 4.78 is 131. The summed E-state index contributed by atoms with van der Waals surface area (Å²) in [6, 6.07) is 36.2. The zero-order valence-corrected chi connectivity index (χ0v) is 48.1. The molecule has 9 rings (SSSR count). The molecule has 2 heterocycles. The highest BCUT2D eigenvalue weighted by Gasteiger charge is 2.80. The summed E-state index contributed by atoms with van der Waals surface area (Å²) in [7, 11) is 0. The molecule has 0 amide bonds. The number of carbonyl (C=O) groups excluding carboxylic acids is 4. The third kappa shape index (κ3) is 13.6. The molecule has 440 valence electrons. The number of carbonyl (C=O) groups is 4. The Hall–Kier alpha value is -8.48. The molecule has 10 nitrogen and oxygen atoms in total. The molecule has 0 spiro atoms. The van der Waals surface area contributed by atoms with Crippen LogP contribution >= 0.6 is 22.7 Å². The fraction of sp³-hybridized carbons (Fsp3) is 0.254. The van der Waals surface area contributed by atoms with Crippen LogP contribution in [0.1, 0.15) is 93.0 Å². The summed E-state index contributed by atoms with van der Waals surface area (Å²) in [5.41, 5.74) is -0.654. The van der Waals surface area contributed by atoms with Crippen molar-refractivity contribution in [1.82, 2.24) is 0 Å². The highest BCUT2D eigenvalue weighted by molar-refractivity contribution is 7.19. The van der Waals surface area contributed by atoms with E-state index in [0.717, 1.165) is 108 Å². The largest absolute Gasteiger partial charge is 0.494 e. The first-order valence-corrected chi connectivity index (χ1v) is 29.1. The van der Waals surface area contributed by atoms with E-state index in [1.165, 1.54) is 50.2 Å². The number of halogens is 6. The molecular weight excluding hydrogens is 1140 g/mol. The average molecular weight is 1200 g/mol. The number of allylic oxidation sites excluding steroid dienone is 2. The molecule has 1 aliphatic carbocycles. The van der Waals surface area contributed by atoms with Crippen molar-refractivity contribution in [3.63, 3.8) is 0 Å². The van der Waals surface area contributed by atoms with Crippen LogP contribution in [0, 0.1) is 13.8 Å². The number of aryl methyl sites for hydroxylation is 2. The van der Waals surface area contributed by atoms with Gasteiger partial charge in [-0.15, -0.1) is 22.7 Å². The Kier molecular flexibility index (Phi) is 19.1. The molecule has 0 fully saturated rings. The molecule has 0 saturated heterocycles. The lowest BCUT2D eigenvalue weighted by molar-refractivity contribution is -0.254. The van der Waals surface area contributed by atoms with Crippen molar-refractivity contribution in [1.29, 1.82) is 0 Å². The minimum absolute atomic E-state index is 0.000652. The van der Waals surface area contributed by atoms with Gasteiger partial charge in [0, 0.05) is 64.4 Å². The monoisotopic (exact) mass is 1200 g/mol. The van der Waals surface area contributed by atoms with Gasteiger partial charge < -0.3 is 28.4 Å². The molecule has 0 atom stereocenters. The lowest BCUT2D eigenvalue weighted by Gasteiger charge is -2.26. The van der Waals surface area contributed by atoms with Gasteiger partial charge in [-0.25, -0.2) is 19.2 Å². The van der Waals surface area contributed by atoms with Crippen molar-refractivity contribution in [2.45, 2.75) is 83.0 Å². The maximum Gasteiger partial charge on any atom is 0.380 e. The van der Waals surface area contributed by atoms with E-state index < -0.39 is 63.9 Å². The first-order valence-electron chi connectivity index (χ1n) is 27.5. The fourth-order valence-electron chi connectivity index (χ4n) is 9.91. The van der Waals surface area contributed by atoms with Crippen LogP contribution in [0.2, 0.25) is 0 Å². The van der Waals surface area contributed by atoms with Gasteiger partial charge in [-0.05, 0) is 160 Å². The van der Waals surface area contributed by atoms with Crippen LogP contribution in [0.4, 0.5) is 26.3 Å². The number of unbranched alkanes of at least 4 members (excludes halogenated alkanes) is 6. The van der Waals surface area contributed by atoms with E-state index >= 15 is 26.3 Å². The van der Waals surface area contributed by atoms with Gasteiger partial charge in [-0.3, -0.25) is 0 Å². The number of rotatable bonds is 26. The highest BCUT2D eigenvalue weighted by atomic mass is 32.1. The highest BCUT2D eigenvalue weighted by Crippen LogP contribution is 2.67. The van der Waals surface area contributed by atoms with Crippen molar-refractivity contribution in [3.8, 4) is 45.3 Å². The topological polar surface area (TPSA) is 124 Å². The average Bonchev–Trinajstić information content (AvgIpc) is 1.54. The van der Waals surface area contributed by atoms with Gasteiger partial charge >= 0.3 is 41.6 Å². The van der Waals surface area contributed by atoms with Crippen LogP contribution in [0.5, 0.6) is 23.0 Å². The second kappa shape index (κ2) is 26.6. The number of benzene rings is 6. The third-order valence-electron chi connectivity index (χ3n) is 14.3. The van der Waals surface area contributed by atoms with Crippen LogP contribution in [0.15, 0.2) is 159 Å².